The predicted octanol–water partition coefficient (Wildman–Crippen LogP) is 3.68. The van der Waals surface area contributed by atoms with E-state index in [1.54, 1.807) is 0 Å². The fourth-order valence-electron chi connectivity index (χ4n) is 4.08. The summed E-state index contributed by atoms with van der Waals surface area (Å²) >= 11 is 0. The molecule has 1 fully saturated rings. The van der Waals surface area contributed by atoms with Crippen LogP contribution in [0.3, 0.4) is 0 Å². The highest BCUT2D eigenvalue weighted by Gasteiger charge is 2.53. The Bertz CT molecular complexity index is 869. The summed E-state index contributed by atoms with van der Waals surface area (Å²) in [6.45, 7) is 1.16. The molecule has 0 radical (unpaired) electrons. The molecule has 1 amide bonds. The normalized spacial score (nSPS) is 23.8. The molecule has 1 aliphatic heterocycles. The first-order valence-electron chi connectivity index (χ1n) is 8.94. The number of carbonyl (C=O) groups excluding carboxylic acids is 1. The lowest BCUT2D eigenvalue weighted by Gasteiger charge is -2.20. The van der Waals surface area contributed by atoms with Crippen molar-refractivity contribution < 1.29 is 23.8 Å². The second kappa shape index (κ2) is 6.37. The number of benzene rings is 2. The van der Waals surface area contributed by atoms with E-state index in [4.69, 9.17) is 9.84 Å². The molecule has 0 spiro atoms. The maximum Gasteiger partial charge on any atom is 0.409 e. The Morgan fingerprint density at radius 2 is 1.70 bits per heavy atom. The van der Waals surface area contributed by atoms with E-state index in [-0.39, 0.29) is 19.1 Å². The van der Waals surface area contributed by atoms with E-state index in [1.165, 1.54) is 6.92 Å². The number of carbonyl (C=O) groups is 2. The molecule has 1 saturated heterocycles. The molecule has 1 N–H and O–H groups in total. The van der Waals surface area contributed by atoms with Crippen LogP contribution in [-0.4, -0.2) is 47.4 Å². The SMILES string of the molecule is C[C@@H]1CN(C(=O)OCC2c3ccccc3-c3ccccc32)C[C@@]1(F)C(=O)O. The molecule has 2 aromatic carbocycles. The molecule has 4 rings (SSSR count). The van der Waals surface area contributed by atoms with Crippen LogP contribution < -0.4 is 0 Å². The van der Waals surface area contributed by atoms with Crippen molar-refractivity contribution in [3.8, 4) is 11.1 Å². The largest absolute Gasteiger partial charge is 0.479 e. The van der Waals surface area contributed by atoms with Gasteiger partial charge < -0.3 is 14.7 Å². The molecule has 1 aliphatic carbocycles. The van der Waals surface area contributed by atoms with Gasteiger partial charge in [-0.1, -0.05) is 55.5 Å². The Balaban J connectivity index is 1.50. The first-order chi connectivity index (χ1) is 12.9. The van der Waals surface area contributed by atoms with E-state index in [0.29, 0.717) is 0 Å². The van der Waals surface area contributed by atoms with Crippen LogP contribution in [0, 0.1) is 5.92 Å². The molecular weight excluding hydrogens is 349 g/mol. The van der Waals surface area contributed by atoms with Gasteiger partial charge in [0.15, 0.2) is 0 Å². The van der Waals surface area contributed by atoms with E-state index in [1.807, 2.05) is 48.5 Å². The van der Waals surface area contributed by atoms with Crippen molar-refractivity contribution in [2.24, 2.45) is 5.92 Å². The summed E-state index contributed by atoms with van der Waals surface area (Å²) in [5.41, 5.74) is 2.00. The minimum Gasteiger partial charge on any atom is -0.479 e. The maximum atomic E-state index is 14.5. The van der Waals surface area contributed by atoms with Gasteiger partial charge in [0.05, 0.1) is 6.54 Å². The van der Waals surface area contributed by atoms with Crippen molar-refractivity contribution in [1.29, 1.82) is 0 Å². The molecule has 0 aromatic heterocycles. The van der Waals surface area contributed by atoms with Crippen LogP contribution >= 0.6 is 0 Å². The van der Waals surface area contributed by atoms with Crippen LogP contribution in [0.4, 0.5) is 9.18 Å². The van der Waals surface area contributed by atoms with Gasteiger partial charge in [-0.3, -0.25) is 0 Å². The zero-order valence-electron chi connectivity index (χ0n) is 14.9. The first-order valence-corrected chi connectivity index (χ1v) is 8.94. The lowest BCUT2D eigenvalue weighted by Crippen LogP contribution is -2.41. The summed E-state index contributed by atoms with van der Waals surface area (Å²) in [6.07, 6.45) is -0.676. The molecule has 2 atom stereocenters. The van der Waals surface area contributed by atoms with E-state index < -0.39 is 30.2 Å². The van der Waals surface area contributed by atoms with Crippen molar-refractivity contribution in [3.05, 3.63) is 59.7 Å². The van der Waals surface area contributed by atoms with Crippen molar-refractivity contribution in [2.75, 3.05) is 19.7 Å². The molecule has 5 nitrogen and oxygen atoms in total. The average molecular weight is 369 g/mol. The zero-order chi connectivity index (χ0) is 19.2. The molecule has 0 saturated carbocycles. The number of likely N-dealkylation sites (tertiary alicyclic amines) is 1. The number of alkyl halides is 1. The Morgan fingerprint density at radius 1 is 1.15 bits per heavy atom. The number of carboxylic acid groups (broad SMARTS) is 1. The first kappa shape index (κ1) is 17.5. The molecular formula is C21H20FNO4. The Hall–Kier alpha value is -2.89. The fourth-order valence-corrected chi connectivity index (χ4v) is 4.08. The third-order valence-electron chi connectivity index (χ3n) is 5.65. The average Bonchev–Trinajstić information content (AvgIpc) is 3.16. The lowest BCUT2D eigenvalue weighted by atomic mass is 9.95. The van der Waals surface area contributed by atoms with Crippen molar-refractivity contribution in [3.63, 3.8) is 0 Å². The summed E-state index contributed by atoms with van der Waals surface area (Å²) in [5.74, 6) is -2.41. The predicted molar refractivity (Wildman–Crippen MR) is 97.3 cm³/mol. The number of fused-ring (bicyclic) bond motifs is 3. The smallest absolute Gasteiger partial charge is 0.409 e. The minimum atomic E-state index is -2.43. The third-order valence-corrected chi connectivity index (χ3v) is 5.65. The third kappa shape index (κ3) is 2.76. The maximum absolute atomic E-state index is 14.5. The van der Waals surface area contributed by atoms with E-state index in [2.05, 4.69) is 0 Å². The second-order valence-electron chi connectivity index (χ2n) is 7.25. The number of ether oxygens (including phenoxy) is 1. The van der Waals surface area contributed by atoms with Crippen LogP contribution in [-0.2, 0) is 9.53 Å². The molecule has 0 bridgehead atoms. The standard InChI is InChI=1S/C21H20FNO4/c1-13-10-23(12-21(13,22)19(24)25)20(26)27-11-18-16-8-4-2-6-14(16)15-7-3-5-9-17(15)18/h2-9,13,18H,10-12H2,1H3,(H,24,25)/t13-,21+/m1/s1. The fraction of sp³-hybridized carbons (Fsp3) is 0.333. The summed E-state index contributed by atoms with van der Waals surface area (Å²) < 4.78 is 20.0. The molecule has 0 unspecified atom stereocenters. The van der Waals surface area contributed by atoms with Crippen LogP contribution in [0.25, 0.3) is 11.1 Å². The topological polar surface area (TPSA) is 66.8 Å². The van der Waals surface area contributed by atoms with E-state index in [9.17, 15) is 14.0 Å². The highest BCUT2D eigenvalue weighted by Crippen LogP contribution is 2.44. The molecule has 2 aromatic rings. The molecule has 27 heavy (non-hydrogen) atoms. The monoisotopic (exact) mass is 369 g/mol. The van der Waals surface area contributed by atoms with Crippen molar-refractivity contribution in [2.45, 2.75) is 18.5 Å². The highest BCUT2D eigenvalue weighted by molar-refractivity contribution is 5.81. The molecule has 6 heteroatoms. The second-order valence-corrected chi connectivity index (χ2v) is 7.25. The number of hydrogen-bond acceptors (Lipinski definition) is 3. The number of halogens is 1. The number of rotatable bonds is 3. The Labute approximate surface area is 156 Å². The molecule has 2 aliphatic rings. The van der Waals surface area contributed by atoms with Gasteiger partial charge in [-0.2, -0.15) is 0 Å². The summed E-state index contributed by atoms with van der Waals surface area (Å²) in [7, 11) is 0. The van der Waals surface area contributed by atoms with Gasteiger partial charge in [0.2, 0.25) is 5.67 Å². The molecule has 140 valence electrons. The Kier molecular flexibility index (Phi) is 4.13. The zero-order valence-corrected chi connectivity index (χ0v) is 14.9. The van der Waals surface area contributed by atoms with Crippen LogP contribution in [0.15, 0.2) is 48.5 Å². The lowest BCUT2D eigenvalue weighted by molar-refractivity contribution is -0.152. The summed E-state index contributed by atoms with van der Waals surface area (Å²) in [5, 5.41) is 9.11. The van der Waals surface area contributed by atoms with Gasteiger partial charge in [-0.25, -0.2) is 14.0 Å². The van der Waals surface area contributed by atoms with Crippen LogP contribution in [0.1, 0.15) is 24.0 Å². The van der Waals surface area contributed by atoms with Gasteiger partial charge in [-0.15, -0.1) is 0 Å². The summed E-state index contributed by atoms with van der Waals surface area (Å²) in [6, 6.07) is 16.0. The number of nitrogens with zero attached hydrogens (tertiary/aromatic N) is 1. The van der Waals surface area contributed by atoms with Gasteiger partial charge in [-0.05, 0) is 22.3 Å². The molecule has 1 heterocycles. The van der Waals surface area contributed by atoms with Crippen molar-refractivity contribution in [1.82, 2.24) is 4.90 Å². The van der Waals surface area contributed by atoms with Crippen molar-refractivity contribution >= 4 is 12.1 Å². The van der Waals surface area contributed by atoms with E-state index >= 15 is 0 Å². The van der Waals surface area contributed by atoms with Gasteiger partial charge >= 0.3 is 12.1 Å². The van der Waals surface area contributed by atoms with Gasteiger partial charge in [0.25, 0.3) is 0 Å². The summed E-state index contributed by atoms with van der Waals surface area (Å²) in [4.78, 5) is 24.8. The van der Waals surface area contributed by atoms with E-state index in [0.717, 1.165) is 27.2 Å². The minimum absolute atomic E-state index is 0.0273. The van der Waals surface area contributed by atoms with Crippen LogP contribution in [0.2, 0.25) is 0 Å². The van der Waals surface area contributed by atoms with Gasteiger partial charge in [0.1, 0.15) is 6.61 Å². The Morgan fingerprint density at radius 3 is 2.22 bits per heavy atom. The van der Waals surface area contributed by atoms with Crippen LogP contribution in [0.5, 0.6) is 0 Å². The number of amides is 1. The highest BCUT2D eigenvalue weighted by atomic mass is 19.1. The quantitative estimate of drug-likeness (QED) is 0.896. The number of carboxylic acids is 1. The number of hydrogen-bond donors (Lipinski definition) is 1. The van der Waals surface area contributed by atoms with Gasteiger partial charge in [0, 0.05) is 18.4 Å². The number of aliphatic carboxylic acids is 1.